The standard InChI is InChI=1S/C74H68BN3OS/c1-70(2,3)46-32-34-56(50(40-46)45-22-11-10-12-23-45)77-61-42-47(78-57-27-16-15-26-51(57)73(8)36-19-20-37-74(73,78)9)41-60-68(61)75(54-33-35-65-67(69(54)77)49-25-14-18-31-64(49)80-65)55-43-52-53(72(6,7)39-38-71(52,4)5)44-59(55)76(60)58-28-21-30-63-66(58)48-24-13-17-29-62(48)79-63/h10-18,21-35,40-44H,19-20,36-39H2,1-9H3. The molecule has 0 radical (unpaired) electrons. The van der Waals surface area contributed by atoms with E-state index < -0.39 is 0 Å². The lowest BCUT2D eigenvalue weighted by Crippen LogP contribution is -2.62. The lowest BCUT2D eigenvalue weighted by molar-refractivity contribution is 0.195. The Balaban J connectivity index is 1.12. The molecule has 2 aromatic heterocycles. The van der Waals surface area contributed by atoms with Gasteiger partial charge in [-0.25, -0.2) is 0 Å². The van der Waals surface area contributed by atoms with Crippen molar-refractivity contribution in [3.8, 4) is 11.1 Å². The summed E-state index contributed by atoms with van der Waals surface area (Å²) in [6.45, 7) is 22.1. The third-order valence-electron chi connectivity index (χ3n) is 20.6. The highest BCUT2D eigenvalue weighted by Crippen LogP contribution is 2.63. The van der Waals surface area contributed by atoms with Crippen molar-refractivity contribution in [3.63, 3.8) is 0 Å². The predicted molar refractivity (Wildman–Crippen MR) is 343 cm³/mol. The van der Waals surface area contributed by atoms with Crippen LogP contribution in [0.25, 0.3) is 53.2 Å². The summed E-state index contributed by atoms with van der Waals surface area (Å²) in [5.74, 6) is 0. The van der Waals surface area contributed by atoms with Crippen molar-refractivity contribution >= 4 is 122 Å². The van der Waals surface area contributed by atoms with Gasteiger partial charge in [0.2, 0.25) is 0 Å². The number of hydrogen-bond donors (Lipinski definition) is 0. The van der Waals surface area contributed by atoms with Gasteiger partial charge in [0.15, 0.2) is 0 Å². The van der Waals surface area contributed by atoms with Crippen LogP contribution in [0.5, 0.6) is 0 Å². The van der Waals surface area contributed by atoms with E-state index in [-0.39, 0.29) is 33.9 Å². The van der Waals surface area contributed by atoms with Crippen LogP contribution in [0, 0.1) is 0 Å². The normalized spacial score (nSPS) is 20.5. The van der Waals surface area contributed by atoms with Crippen molar-refractivity contribution in [1.82, 2.24) is 0 Å². The topological polar surface area (TPSA) is 22.9 Å². The second-order valence-corrected chi connectivity index (χ2v) is 28.0. The molecule has 4 nitrogen and oxygen atoms in total. The Morgan fingerprint density at radius 2 is 1.16 bits per heavy atom. The second-order valence-electron chi connectivity index (χ2n) is 27.0. The fraction of sp³-hybridized carbons (Fsp3) is 0.270. The lowest BCUT2D eigenvalue weighted by Gasteiger charge is -2.51. The fourth-order valence-electron chi connectivity index (χ4n) is 16.1. The van der Waals surface area contributed by atoms with Crippen molar-refractivity contribution in [3.05, 3.63) is 198 Å². The minimum atomic E-state index is -0.181. The van der Waals surface area contributed by atoms with Crippen LogP contribution < -0.4 is 31.1 Å². The van der Waals surface area contributed by atoms with Crippen LogP contribution in [0.15, 0.2) is 180 Å². The van der Waals surface area contributed by atoms with Crippen LogP contribution in [0.3, 0.4) is 0 Å². The van der Waals surface area contributed by atoms with E-state index in [1.807, 2.05) is 11.3 Å². The maximum Gasteiger partial charge on any atom is 0.252 e. The maximum atomic E-state index is 6.85. The summed E-state index contributed by atoms with van der Waals surface area (Å²) in [6, 6.07) is 68.3. The Hall–Kier alpha value is -7.54. The Bertz CT molecular complexity index is 4440. The molecule has 11 aromatic rings. The Morgan fingerprint density at radius 1 is 0.487 bits per heavy atom. The minimum absolute atomic E-state index is 0.0138. The minimum Gasteiger partial charge on any atom is -0.456 e. The molecule has 6 heteroatoms. The lowest BCUT2D eigenvalue weighted by atomic mass is 9.33. The molecule has 5 aliphatic rings. The molecule has 80 heavy (non-hydrogen) atoms. The van der Waals surface area contributed by atoms with E-state index >= 15 is 0 Å². The average molecular weight is 1060 g/mol. The highest BCUT2D eigenvalue weighted by Gasteiger charge is 2.58. The van der Waals surface area contributed by atoms with Gasteiger partial charge in [0.05, 0.1) is 28.0 Å². The smallest absolute Gasteiger partial charge is 0.252 e. The van der Waals surface area contributed by atoms with Crippen LogP contribution in [0.4, 0.5) is 45.5 Å². The van der Waals surface area contributed by atoms with Crippen LogP contribution in [0.1, 0.15) is 123 Å². The Morgan fingerprint density at radius 3 is 1.96 bits per heavy atom. The number of nitrogens with zero attached hydrogens (tertiary/aromatic N) is 3. The van der Waals surface area contributed by atoms with Gasteiger partial charge >= 0.3 is 0 Å². The van der Waals surface area contributed by atoms with E-state index in [0.717, 1.165) is 53.3 Å². The summed E-state index contributed by atoms with van der Waals surface area (Å²) in [5, 5.41) is 4.92. The summed E-state index contributed by atoms with van der Waals surface area (Å²) >= 11 is 1.92. The zero-order valence-electron chi connectivity index (χ0n) is 47.7. The van der Waals surface area contributed by atoms with Crippen LogP contribution in [0.2, 0.25) is 0 Å². The fourth-order valence-corrected chi connectivity index (χ4v) is 17.2. The second kappa shape index (κ2) is 16.5. The first-order valence-electron chi connectivity index (χ1n) is 29.5. The van der Waals surface area contributed by atoms with E-state index in [1.54, 1.807) is 0 Å². The molecular weight excluding hydrogens is 990 g/mol. The molecule has 0 bridgehead atoms. The monoisotopic (exact) mass is 1060 g/mol. The average Bonchev–Trinajstić information content (AvgIpc) is 2.31. The number of anilines is 8. The van der Waals surface area contributed by atoms with Gasteiger partial charge in [-0.1, -0.05) is 177 Å². The van der Waals surface area contributed by atoms with Crippen molar-refractivity contribution in [2.75, 3.05) is 14.7 Å². The number of thiophene rings is 1. The molecule has 0 amide bonds. The molecule has 394 valence electrons. The molecule has 1 saturated carbocycles. The third-order valence-corrected chi connectivity index (χ3v) is 21.7. The van der Waals surface area contributed by atoms with Gasteiger partial charge in [0.25, 0.3) is 6.71 Å². The number of benzene rings is 9. The first kappa shape index (κ1) is 48.4. The summed E-state index contributed by atoms with van der Waals surface area (Å²) < 4.78 is 9.48. The summed E-state index contributed by atoms with van der Waals surface area (Å²) in [6.07, 6.45) is 6.97. The zero-order valence-corrected chi connectivity index (χ0v) is 48.5. The molecule has 2 aliphatic carbocycles. The van der Waals surface area contributed by atoms with Crippen molar-refractivity contribution in [2.24, 2.45) is 0 Å². The molecule has 2 unspecified atom stereocenters. The first-order valence-corrected chi connectivity index (χ1v) is 30.3. The van der Waals surface area contributed by atoms with Gasteiger partial charge in [0, 0.05) is 65.0 Å². The van der Waals surface area contributed by atoms with E-state index in [1.165, 1.54) is 123 Å². The summed E-state index contributed by atoms with van der Waals surface area (Å²) in [4.78, 5) is 8.29. The molecule has 0 saturated heterocycles. The van der Waals surface area contributed by atoms with Gasteiger partial charge in [-0.15, -0.1) is 11.3 Å². The molecule has 1 fully saturated rings. The first-order chi connectivity index (χ1) is 38.5. The van der Waals surface area contributed by atoms with E-state index in [4.69, 9.17) is 4.42 Å². The van der Waals surface area contributed by atoms with Crippen LogP contribution >= 0.6 is 11.3 Å². The van der Waals surface area contributed by atoms with Crippen molar-refractivity contribution in [1.29, 1.82) is 0 Å². The predicted octanol–water partition coefficient (Wildman–Crippen LogP) is 19.1. The van der Waals surface area contributed by atoms with Crippen LogP contribution in [-0.2, 0) is 21.7 Å². The Kier molecular flexibility index (Phi) is 10.0. The van der Waals surface area contributed by atoms with Gasteiger partial charge in [-0.2, -0.15) is 0 Å². The van der Waals surface area contributed by atoms with Crippen molar-refractivity contribution < 1.29 is 4.42 Å². The largest absolute Gasteiger partial charge is 0.456 e. The summed E-state index contributed by atoms with van der Waals surface area (Å²) in [5.41, 5.74) is 23.6. The number of hydrogen-bond acceptors (Lipinski definition) is 5. The van der Waals surface area contributed by atoms with E-state index in [2.05, 4.69) is 253 Å². The zero-order chi connectivity index (χ0) is 54.4. The van der Waals surface area contributed by atoms with Crippen molar-refractivity contribution in [2.45, 2.75) is 128 Å². The Labute approximate surface area is 475 Å². The number of fused-ring (bicyclic) bond motifs is 15. The highest BCUT2D eigenvalue weighted by molar-refractivity contribution is 7.26. The maximum absolute atomic E-state index is 6.85. The molecular formula is C74H68BN3OS. The van der Waals surface area contributed by atoms with Gasteiger partial charge < -0.3 is 19.1 Å². The molecule has 9 aromatic carbocycles. The van der Waals surface area contributed by atoms with Gasteiger partial charge in [-0.05, 0) is 160 Å². The highest BCUT2D eigenvalue weighted by atomic mass is 32.1. The molecule has 0 spiro atoms. The number of para-hydroxylation sites is 2. The molecule has 2 atom stereocenters. The quantitative estimate of drug-likeness (QED) is 0.164. The van der Waals surface area contributed by atoms with Crippen LogP contribution in [-0.4, -0.2) is 12.3 Å². The van der Waals surface area contributed by atoms with E-state index in [9.17, 15) is 0 Å². The molecule has 3 aliphatic heterocycles. The summed E-state index contributed by atoms with van der Waals surface area (Å²) in [7, 11) is 0. The SMILES string of the molecule is CC(C)(C)c1ccc(N2c3cc(N4c5ccccc5C5(C)CCCCC45C)cc4c3B(c3cc5c(cc3N4c3cccc4oc6ccccc6c34)C(C)(C)CCC5(C)C)c3ccc4sc5ccccc5c4c32)c(-c2ccccc2)c1. The molecule has 16 rings (SSSR count). The third kappa shape index (κ3) is 6.51. The van der Waals surface area contributed by atoms with Gasteiger partial charge in [0.1, 0.15) is 11.2 Å². The van der Waals surface area contributed by atoms with E-state index in [0.29, 0.717) is 0 Å². The number of rotatable bonds is 4. The molecule has 5 heterocycles. The number of furan rings is 1. The van der Waals surface area contributed by atoms with Gasteiger partial charge in [-0.3, -0.25) is 0 Å². The molecule has 0 N–H and O–H groups in total.